The van der Waals surface area contributed by atoms with E-state index in [0.717, 1.165) is 29.5 Å². The molecule has 1 aromatic carbocycles. The summed E-state index contributed by atoms with van der Waals surface area (Å²) in [5, 5.41) is 13.7. The molecule has 184 valence electrons. The van der Waals surface area contributed by atoms with Crippen LogP contribution in [0.4, 0.5) is 4.39 Å². The summed E-state index contributed by atoms with van der Waals surface area (Å²) in [5.41, 5.74) is 11.2. The molecule has 4 aromatic heterocycles. The Labute approximate surface area is 210 Å². The van der Waals surface area contributed by atoms with E-state index in [9.17, 15) is 9.18 Å². The first-order chi connectivity index (χ1) is 17.4. The van der Waals surface area contributed by atoms with Crippen LogP contribution in [0.2, 0.25) is 0 Å². The van der Waals surface area contributed by atoms with Gasteiger partial charge in [0.2, 0.25) is 0 Å². The Hall–Kier alpha value is -3.89. The fourth-order valence-corrected chi connectivity index (χ4v) is 5.43. The molecule has 10 heteroatoms. The van der Waals surface area contributed by atoms with E-state index in [0.29, 0.717) is 27.3 Å². The lowest BCUT2D eigenvalue weighted by Gasteiger charge is -2.08. The second-order valence-electron chi connectivity index (χ2n) is 8.65. The first-order valence-corrected chi connectivity index (χ1v) is 12.4. The lowest BCUT2D eigenvalue weighted by molar-refractivity contribution is 0.0702. The van der Waals surface area contributed by atoms with Crippen molar-refractivity contribution in [2.24, 2.45) is 12.8 Å². The molecule has 4 N–H and O–H groups in total. The number of hydrogen-bond donors (Lipinski definition) is 3. The molecule has 0 spiro atoms. The zero-order chi connectivity index (χ0) is 25.2. The van der Waals surface area contributed by atoms with Crippen LogP contribution in [-0.4, -0.2) is 35.8 Å². The van der Waals surface area contributed by atoms with E-state index in [-0.39, 0.29) is 12.4 Å². The lowest BCUT2D eigenvalue weighted by atomic mass is 9.99. The van der Waals surface area contributed by atoms with Gasteiger partial charge >= 0.3 is 5.97 Å². The van der Waals surface area contributed by atoms with Gasteiger partial charge in [0.05, 0.1) is 17.6 Å². The first-order valence-electron chi connectivity index (χ1n) is 11.6. The monoisotopic (exact) mass is 504 g/mol. The van der Waals surface area contributed by atoms with E-state index >= 15 is 0 Å². The molecule has 0 amide bonds. The topological polar surface area (TPSA) is 123 Å². The molecular formula is C26H25FN6O2S. The van der Waals surface area contributed by atoms with Crippen molar-refractivity contribution in [2.45, 2.75) is 32.2 Å². The minimum absolute atomic E-state index is 0.167. The van der Waals surface area contributed by atoms with E-state index in [4.69, 9.17) is 10.8 Å². The van der Waals surface area contributed by atoms with Gasteiger partial charge < -0.3 is 15.8 Å². The summed E-state index contributed by atoms with van der Waals surface area (Å²) in [6.45, 7) is 0.167. The first kappa shape index (κ1) is 23.8. The molecule has 0 bridgehead atoms. The number of rotatable bonds is 4. The standard InChI is InChI=1S/C17H15FN6.C9H10O2S/c1-24-8-12(7-22-24)15-5-13-16(20-9-21-17(13)23-15)10-2-3-11(6-19)14(18)4-10;10-9(11)8-5-6-3-1-2-4-7(6)12-8/h2-5,7-9H,6,19H2,1H3,(H,20,21,23);5H,1-4H2,(H,10,11). The summed E-state index contributed by atoms with van der Waals surface area (Å²) < 4.78 is 15.8. The maximum atomic E-state index is 14.1. The third-order valence-electron chi connectivity index (χ3n) is 6.20. The van der Waals surface area contributed by atoms with Gasteiger partial charge in [0.15, 0.2) is 0 Å². The number of aryl methyl sites for hydroxylation is 3. The number of aromatic nitrogens is 5. The van der Waals surface area contributed by atoms with Crippen LogP contribution in [0, 0.1) is 5.82 Å². The van der Waals surface area contributed by atoms with Gasteiger partial charge in [0.1, 0.15) is 22.7 Å². The number of carboxylic acid groups (broad SMARTS) is 1. The van der Waals surface area contributed by atoms with E-state index in [1.807, 2.05) is 31.4 Å². The van der Waals surface area contributed by atoms with Gasteiger partial charge in [0, 0.05) is 46.7 Å². The Kier molecular flexibility index (Phi) is 6.62. The van der Waals surface area contributed by atoms with Crippen molar-refractivity contribution in [1.82, 2.24) is 24.7 Å². The normalized spacial score (nSPS) is 12.8. The average Bonchev–Trinajstić information content (AvgIpc) is 3.61. The Morgan fingerprint density at radius 2 is 2.03 bits per heavy atom. The SMILES string of the molecule is Cn1cc(-c2cc3c(-c4ccc(CN)c(F)c4)ncnc3[nH]2)cn1.O=C(O)c1cc2c(s1)CCCC2. The smallest absolute Gasteiger partial charge is 0.345 e. The van der Waals surface area contributed by atoms with E-state index < -0.39 is 5.97 Å². The molecule has 1 aliphatic rings. The third kappa shape index (κ3) is 4.77. The van der Waals surface area contributed by atoms with Gasteiger partial charge in [-0.3, -0.25) is 4.68 Å². The number of halogens is 1. The van der Waals surface area contributed by atoms with Gasteiger partial charge in [-0.1, -0.05) is 12.1 Å². The number of nitrogens with two attached hydrogens (primary N) is 1. The highest BCUT2D eigenvalue weighted by atomic mass is 32.1. The number of fused-ring (bicyclic) bond motifs is 2. The molecule has 5 aromatic rings. The highest BCUT2D eigenvalue weighted by Gasteiger charge is 2.16. The van der Waals surface area contributed by atoms with Crippen LogP contribution in [0.25, 0.3) is 33.5 Å². The predicted molar refractivity (Wildman–Crippen MR) is 137 cm³/mol. The summed E-state index contributed by atoms with van der Waals surface area (Å²) in [6.07, 6.45) is 9.72. The van der Waals surface area contributed by atoms with Crippen LogP contribution < -0.4 is 5.73 Å². The van der Waals surface area contributed by atoms with Crippen molar-refractivity contribution < 1.29 is 14.3 Å². The Bertz CT molecular complexity index is 1530. The van der Waals surface area contributed by atoms with Crippen LogP contribution in [0.5, 0.6) is 0 Å². The number of aromatic carboxylic acids is 1. The third-order valence-corrected chi connectivity index (χ3v) is 7.42. The van der Waals surface area contributed by atoms with Crippen LogP contribution in [0.15, 0.2) is 49.1 Å². The molecule has 0 radical (unpaired) electrons. The largest absolute Gasteiger partial charge is 0.477 e. The maximum Gasteiger partial charge on any atom is 0.345 e. The van der Waals surface area contributed by atoms with Crippen molar-refractivity contribution in [3.05, 3.63) is 75.8 Å². The van der Waals surface area contributed by atoms with Crippen molar-refractivity contribution in [3.63, 3.8) is 0 Å². The zero-order valence-corrected chi connectivity index (χ0v) is 20.5. The number of thiophene rings is 1. The molecule has 0 saturated heterocycles. The second-order valence-corrected chi connectivity index (χ2v) is 9.79. The van der Waals surface area contributed by atoms with Gasteiger partial charge in [-0.25, -0.2) is 19.2 Å². The molecule has 6 rings (SSSR count). The van der Waals surface area contributed by atoms with Gasteiger partial charge in [-0.2, -0.15) is 5.10 Å². The van der Waals surface area contributed by atoms with Crippen molar-refractivity contribution in [3.8, 4) is 22.5 Å². The second kappa shape index (κ2) is 10.00. The van der Waals surface area contributed by atoms with Crippen LogP contribution in [-0.2, 0) is 26.4 Å². The predicted octanol–water partition coefficient (Wildman–Crippen LogP) is 4.95. The molecule has 0 unspecified atom stereocenters. The van der Waals surface area contributed by atoms with Crippen molar-refractivity contribution in [1.29, 1.82) is 0 Å². The number of aromatic amines is 1. The van der Waals surface area contributed by atoms with Gasteiger partial charge in [-0.05, 0) is 49.4 Å². The molecular weight excluding hydrogens is 479 g/mol. The number of H-pyrrole nitrogens is 1. The molecule has 0 saturated carbocycles. The molecule has 1 aliphatic carbocycles. The minimum atomic E-state index is -0.783. The van der Waals surface area contributed by atoms with Crippen LogP contribution in [0.3, 0.4) is 0 Å². The van der Waals surface area contributed by atoms with Crippen molar-refractivity contribution >= 4 is 28.3 Å². The van der Waals surface area contributed by atoms with Crippen LogP contribution >= 0.6 is 11.3 Å². The number of hydrogen-bond acceptors (Lipinski definition) is 6. The Balaban J connectivity index is 0.000000186. The molecule has 0 atom stereocenters. The zero-order valence-electron chi connectivity index (χ0n) is 19.7. The molecule has 4 heterocycles. The number of benzene rings is 1. The summed E-state index contributed by atoms with van der Waals surface area (Å²) >= 11 is 1.44. The number of nitrogens with one attached hydrogen (secondary N) is 1. The number of nitrogens with zero attached hydrogens (tertiary/aromatic N) is 4. The summed E-state index contributed by atoms with van der Waals surface area (Å²) in [6, 6.07) is 8.76. The van der Waals surface area contributed by atoms with Gasteiger partial charge in [0.25, 0.3) is 0 Å². The molecule has 36 heavy (non-hydrogen) atoms. The molecule has 0 fully saturated rings. The van der Waals surface area contributed by atoms with E-state index in [2.05, 4.69) is 20.1 Å². The maximum absolute atomic E-state index is 14.1. The molecule has 0 aliphatic heterocycles. The average molecular weight is 505 g/mol. The van der Waals surface area contributed by atoms with E-state index in [1.165, 1.54) is 47.0 Å². The van der Waals surface area contributed by atoms with Crippen molar-refractivity contribution in [2.75, 3.05) is 0 Å². The fraction of sp³-hybridized carbons (Fsp3) is 0.231. The Morgan fingerprint density at radius 3 is 2.72 bits per heavy atom. The number of carbonyl (C=O) groups is 1. The van der Waals surface area contributed by atoms with Gasteiger partial charge in [-0.15, -0.1) is 11.3 Å². The van der Waals surface area contributed by atoms with Crippen LogP contribution in [0.1, 0.15) is 38.5 Å². The van der Waals surface area contributed by atoms with E-state index in [1.54, 1.807) is 16.9 Å². The fourth-order valence-electron chi connectivity index (χ4n) is 4.34. The quantitative estimate of drug-likeness (QED) is 0.318. The minimum Gasteiger partial charge on any atom is -0.477 e. The summed E-state index contributed by atoms with van der Waals surface area (Å²) in [7, 11) is 1.86. The summed E-state index contributed by atoms with van der Waals surface area (Å²) in [5.74, 6) is -1.11. The number of carboxylic acids is 1. The Morgan fingerprint density at radius 1 is 1.19 bits per heavy atom. The highest BCUT2D eigenvalue weighted by molar-refractivity contribution is 7.14. The summed E-state index contributed by atoms with van der Waals surface area (Å²) in [4.78, 5) is 24.3. The molecule has 8 nitrogen and oxygen atoms in total. The highest BCUT2D eigenvalue weighted by Crippen LogP contribution is 2.31. The lowest BCUT2D eigenvalue weighted by Crippen LogP contribution is -1.99.